The molecule has 1 saturated heterocycles. The highest BCUT2D eigenvalue weighted by Crippen LogP contribution is 2.05. The molecule has 0 unspecified atom stereocenters. The molecule has 88 valence electrons. The second kappa shape index (κ2) is 5.09. The van der Waals surface area contributed by atoms with E-state index in [0.29, 0.717) is 31.3 Å². The normalized spacial score (nSPS) is 18.9. The number of hydrogen-bond donors (Lipinski definition) is 1. The van der Waals surface area contributed by atoms with Crippen LogP contribution < -0.4 is 5.32 Å². The molecule has 1 fully saturated rings. The van der Waals surface area contributed by atoms with E-state index in [-0.39, 0.29) is 0 Å². The van der Waals surface area contributed by atoms with Gasteiger partial charge in [-0.1, -0.05) is 0 Å². The summed E-state index contributed by atoms with van der Waals surface area (Å²) in [5.74, 6) is 0. The Hall–Kier alpha value is -0.400. The molecular formula is C8H17N3O2S2. The van der Waals surface area contributed by atoms with Crippen molar-refractivity contribution in [2.75, 3.05) is 39.0 Å². The van der Waals surface area contributed by atoms with Crippen molar-refractivity contribution in [1.82, 2.24) is 14.5 Å². The van der Waals surface area contributed by atoms with Gasteiger partial charge in [0.2, 0.25) is 10.0 Å². The van der Waals surface area contributed by atoms with Gasteiger partial charge >= 0.3 is 0 Å². The summed E-state index contributed by atoms with van der Waals surface area (Å²) < 4.78 is 24.0. The van der Waals surface area contributed by atoms with Gasteiger partial charge in [0, 0.05) is 32.7 Å². The second-order valence-corrected chi connectivity index (χ2v) is 5.85. The van der Waals surface area contributed by atoms with E-state index in [1.807, 2.05) is 11.8 Å². The van der Waals surface area contributed by atoms with Gasteiger partial charge in [-0.2, -0.15) is 4.31 Å². The Morgan fingerprint density at radius 1 is 1.33 bits per heavy atom. The first-order chi connectivity index (χ1) is 6.95. The summed E-state index contributed by atoms with van der Waals surface area (Å²) in [6.07, 6.45) is 1.24. The highest BCUT2D eigenvalue weighted by molar-refractivity contribution is 7.88. The summed E-state index contributed by atoms with van der Waals surface area (Å²) >= 11 is 5.15. The van der Waals surface area contributed by atoms with Gasteiger partial charge in [0.15, 0.2) is 5.11 Å². The number of hydrogen-bond acceptors (Lipinski definition) is 3. The van der Waals surface area contributed by atoms with Gasteiger partial charge in [-0.25, -0.2) is 8.42 Å². The molecule has 0 aromatic carbocycles. The van der Waals surface area contributed by atoms with Crippen molar-refractivity contribution in [3.8, 4) is 0 Å². The largest absolute Gasteiger partial charge is 0.363 e. The summed E-state index contributed by atoms with van der Waals surface area (Å²) in [4.78, 5) is 2.00. The highest BCUT2D eigenvalue weighted by atomic mass is 32.2. The van der Waals surface area contributed by atoms with Crippen LogP contribution in [0.1, 0.15) is 6.92 Å². The Labute approximate surface area is 96.5 Å². The zero-order valence-electron chi connectivity index (χ0n) is 9.06. The molecule has 0 radical (unpaired) electrons. The highest BCUT2D eigenvalue weighted by Gasteiger charge is 2.24. The minimum atomic E-state index is -3.04. The van der Waals surface area contributed by atoms with Crippen LogP contribution in [0, 0.1) is 0 Å². The maximum absolute atomic E-state index is 11.2. The fourth-order valence-electron chi connectivity index (χ4n) is 1.49. The molecule has 1 aliphatic rings. The second-order valence-electron chi connectivity index (χ2n) is 3.48. The van der Waals surface area contributed by atoms with Gasteiger partial charge in [-0.3, -0.25) is 0 Å². The van der Waals surface area contributed by atoms with Crippen molar-refractivity contribution in [2.45, 2.75) is 6.92 Å². The molecule has 0 bridgehead atoms. The molecule has 0 amide bonds. The van der Waals surface area contributed by atoms with Gasteiger partial charge in [0.1, 0.15) is 0 Å². The molecule has 0 aromatic heterocycles. The van der Waals surface area contributed by atoms with Crippen molar-refractivity contribution in [3.63, 3.8) is 0 Å². The summed E-state index contributed by atoms with van der Waals surface area (Å²) in [6.45, 7) is 5.15. The summed E-state index contributed by atoms with van der Waals surface area (Å²) in [6, 6.07) is 0. The Balaban J connectivity index is 2.46. The lowest BCUT2D eigenvalue weighted by Gasteiger charge is -2.34. The minimum absolute atomic E-state index is 0.518. The number of thiocarbonyl (C=S) groups is 1. The van der Waals surface area contributed by atoms with Crippen molar-refractivity contribution < 1.29 is 8.42 Å². The average Bonchev–Trinajstić information content (AvgIpc) is 2.17. The molecule has 1 aliphatic heterocycles. The monoisotopic (exact) mass is 251 g/mol. The van der Waals surface area contributed by atoms with Crippen LogP contribution in [0.3, 0.4) is 0 Å². The lowest BCUT2D eigenvalue weighted by atomic mass is 10.4. The Morgan fingerprint density at radius 2 is 1.87 bits per heavy atom. The molecule has 15 heavy (non-hydrogen) atoms. The quantitative estimate of drug-likeness (QED) is 0.668. The molecule has 1 heterocycles. The number of nitrogens with zero attached hydrogens (tertiary/aromatic N) is 2. The lowest BCUT2D eigenvalue weighted by Crippen LogP contribution is -2.52. The molecule has 1 rings (SSSR count). The molecule has 0 saturated carbocycles. The smallest absolute Gasteiger partial charge is 0.211 e. The van der Waals surface area contributed by atoms with Crippen molar-refractivity contribution >= 4 is 27.4 Å². The molecule has 0 atom stereocenters. The third kappa shape index (κ3) is 3.58. The first-order valence-corrected chi connectivity index (χ1v) is 7.18. The van der Waals surface area contributed by atoms with Gasteiger partial charge in [0.25, 0.3) is 0 Å². The van der Waals surface area contributed by atoms with Crippen LogP contribution in [-0.2, 0) is 10.0 Å². The summed E-state index contributed by atoms with van der Waals surface area (Å²) in [7, 11) is -3.04. The van der Waals surface area contributed by atoms with Gasteiger partial charge in [-0.15, -0.1) is 0 Å². The van der Waals surface area contributed by atoms with Crippen LogP contribution in [0.5, 0.6) is 0 Å². The number of rotatable bonds is 2. The van der Waals surface area contributed by atoms with E-state index in [9.17, 15) is 8.42 Å². The number of piperazine rings is 1. The van der Waals surface area contributed by atoms with Crippen LogP contribution in [0.2, 0.25) is 0 Å². The maximum Gasteiger partial charge on any atom is 0.211 e. The molecule has 0 aromatic rings. The standard InChI is InChI=1S/C8H17N3O2S2/c1-3-9-8(14)10-4-6-11(7-5-10)15(2,12)13/h3-7H2,1-2H3,(H,9,14). The van der Waals surface area contributed by atoms with E-state index in [0.717, 1.165) is 6.54 Å². The SMILES string of the molecule is CCNC(=S)N1CCN(S(C)(=O)=O)CC1. The van der Waals surface area contributed by atoms with Crippen LogP contribution in [0.4, 0.5) is 0 Å². The van der Waals surface area contributed by atoms with E-state index in [2.05, 4.69) is 5.32 Å². The minimum Gasteiger partial charge on any atom is -0.363 e. The maximum atomic E-state index is 11.2. The van der Waals surface area contributed by atoms with Crippen molar-refractivity contribution in [1.29, 1.82) is 0 Å². The molecule has 5 nitrogen and oxygen atoms in total. The molecule has 0 spiro atoms. The first-order valence-electron chi connectivity index (χ1n) is 4.93. The molecular weight excluding hydrogens is 234 g/mol. The average molecular weight is 251 g/mol. The van der Waals surface area contributed by atoms with Gasteiger partial charge < -0.3 is 10.2 Å². The Morgan fingerprint density at radius 3 is 2.27 bits per heavy atom. The van der Waals surface area contributed by atoms with Crippen LogP contribution >= 0.6 is 12.2 Å². The first kappa shape index (κ1) is 12.7. The Bertz CT molecular complexity index is 321. The Kier molecular flexibility index (Phi) is 4.30. The van der Waals surface area contributed by atoms with E-state index in [1.165, 1.54) is 10.6 Å². The predicted octanol–water partition coefficient (Wildman–Crippen LogP) is -0.542. The fraction of sp³-hybridized carbons (Fsp3) is 0.875. The third-order valence-corrected chi connectivity index (χ3v) is 4.03. The van der Waals surface area contributed by atoms with E-state index in [4.69, 9.17) is 12.2 Å². The van der Waals surface area contributed by atoms with E-state index >= 15 is 0 Å². The van der Waals surface area contributed by atoms with Crippen LogP contribution in [0.15, 0.2) is 0 Å². The van der Waals surface area contributed by atoms with Gasteiger partial charge in [-0.05, 0) is 19.1 Å². The van der Waals surface area contributed by atoms with Crippen molar-refractivity contribution in [2.24, 2.45) is 0 Å². The lowest BCUT2D eigenvalue weighted by molar-refractivity contribution is 0.265. The van der Waals surface area contributed by atoms with Gasteiger partial charge in [0.05, 0.1) is 6.26 Å². The zero-order chi connectivity index (χ0) is 11.5. The molecule has 0 aliphatic carbocycles. The third-order valence-electron chi connectivity index (χ3n) is 2.32. The predicted molar refractivity (Wildman–Crippen MR) is 64.3 cm³/mol. The van der Waals surface area contributed by atoms with E-state index in [1.54, 1.807) is 0 Å². The van der Waals surface area contributed by atoms with Crippen LogP contribution in [0.25, 0.3) is 0 Å². The number of sulfonamides is 1. The zero-order valence-corrected chi connectivity index (χ0v) is 10.7. The topological polar surface area (TPSA) is 52.6 Å². The fourth-order valence-corrected chi connectivity index (χ4v) is 2.64. The summed E-state index contributed by atoms with van der Waals surface area (Å²) in [5.41, 5.74) is 0. The number of nitrogens with one attached hydrogen (secondary N) is 1. The summed E-state index contributed by atoms with van der Waals surface area (Å²) in [5, 5.41) is 3.77. The molecule has 7 heteroatoms. The van der Waals surface area contributed by atoms with Crippen molar-refractivity contribution in [3.05, 3.63) is 0 Å². The molecule has 1 N–H and O–H groups in total. The van der Waals surface area contributed by atoms with E-state index < -0.39 is 10.0 Å². The van der Waals surface area contributed by atoms with Crippen LogP contribution in [-0.4, -0.2) is 61.7 Å².